The minimum Gasteiger partial charge on any atom is -0.354 e. The molecule has 0 aliphatic carbocycles. The predicted octanol–water partition coefficient (Wildman–Crippen LogP) is 6.29. The van der Waals surface area contributed by atoms with Crippen LogP contribution in [0.5, 0.6) is 0 Å². The molecule has 0 atom stereocenters. The van der Waals surface area contributed by atoms with Crippen LogP contribution in [-0.2, 0) is 6.42 Å². The van der Waals surface area contributed by atoms with Gasteiger partial charge in [0.2, 0.25) is 0 Å². The molecule has 3 aromatic heterocycles. The molecule has 0 radical (unpaired) electrons. The van der Waals surface area contributed by atoms with Gasteiger partial charge in [0.25, 0.3) is 0 Å². The Hall–Kier alpha value is -2.94. The van der Waals surface area contributed by atoms with E-state index < -0.39 is 0 Å². The number of rotatable bonds is 4. The highest BCUT2D eigenvalue weighted by Crippen LogP contribution is 2.37. The van der Waals surface area contributed by atoms with Gasteiger partial charge in [0, 0.05) is 45.8 Å². The summed E-state index contributed by atoms with van der Waals surface area (Å²) in [6.45, 7) is 8.67. The van der Waals surface area contributed by atoms with Crippen molar-refractivity contribution in [2.24, 2.45) is 0 Å². The van der Waals surface area contributed by atoms with Crippen LogP contribution in [-0.4, -0.2) is 15.0 Å². The van der Waals surface area contributed by atoms with E-state index in [1.807, 2.05) is 19.3 Å². The lowest BCUT2D eigenvalue weighted by molar-refractivity contribution is 0.878. The van der Waals surface area contributed by atoms with Crippen LogP contribution in [0.25, 0.3) is 33.3 Å². The molecule has 27 heavy (non-hydrogen) atoms. The number of aryl methyl sites for hydroxylation is 2. The zero-order valence-electron chi connectivity index (χ0n) is 16.4. The van der Waals surface area contributed by atoms with Crippen LogP contribution in [0, 0.1) is 6.92 Å². The number of hydrogen-bond donors (Lipinski definition) is 1. The molecule has 3 heterocycles. The fourth-order valence-corrected chi connectivity index (χ4v) is 3.73. The molecule has 0 fully saturated rings. The maximum Gasteiger partial charge on any atom is 0.0501 e. The molecule has 1 N–H and O–H groups in total. The first kappa shape index (κ1) is 17.5. The average molecular weight is 355 g/mol. The first-order chi connectivity index (χ1) is 13.1. The van der Waals surface area contributed by atoms with Crippen molar-refractivity contribution >= 4 is 10.9 Å². The largest absolute Gasteiger partial charge is 0.354 e. The third-order valence-electron chi connectivity index (χ3n) is 5.12. The van der Waals surface area contributed by atoms with E-state index in [1.54, 1.807) is 0 Å². The minimum atomic E-state index is 0.415. The SMILES string of the molecule is CCc1ccc(-c2ccc3[nH]c(-c4ccnc(C)c4)c(C(C)C)c3c2)cn1. The van der Waals surface area contributed by atoms with E-state index in [0.717, 1.165) is 23.4 Å². The van der Waals surface area contributed by atoms with Gasteiger partial charge in [-0.15, -0.1) is 0 Å². The maximum absolute atomic E-state index is 4.56. The molecule has 0 spiro atoms. The highest BCUT2D eigenvalue weighted by Gasteiger charge is 2.17. The zero-order chi connectivity index (χ0) is 19.0. The van der Waals surface area contributed by atoms with Crippen LogP contribution in [0.1, 0.15) is 43.6 Å². The van der Waals surface area contributed by atoms with Crippen molar-refractivity contribution in [1.29, 1.82) is 0 Å². The van der Waals surface area contributed by atoms with Crippen molar-refractivity contribution in [2.45, 2.75) is 40.0 Å². The third kappa shape index (κ3) is 3.25. The van der Waals surface area contributed by atoms with Crippen LogP contribution >= 0.6 is 0 Å². The number of aromatic amines is 1. The first-order valence-corrected chi connectivity index (χ1v) is 9.60. The van der Waals surface area contributed by atoms with Gasteiger partial charge in [-0.25, -0.2) is 0 Å². The average Bonchev–Trinajstić information content (AvgIpc) is 3.07. The van der Waals surface area contributed by atoms with Crippen molar-refractivity contribution in [3.8, 4) is 22.4 Å². The lowest BCUT2D eigenvalue weighted by Gasteiger charge is -2.10. The quantitative estimate of drug-likeness (QED) is 0.467. The smallest absolute Gasteiger partial charge is 0.0501 e. The van der Waals surface area contributed by atoms with Gasteiger partial charge in [0.15, 0.2) is 0 Å². The van der Waals surface area contributed by atoms with E-state index in [9.17, 15) is 0 Å². The topological polar surface area (TPSA) is 41.6 Å². The van der Waals surface area contributed by atoms with Gasteiger partial charge in [-0.05, 0) is 60.7 Å². The first-order valence-electron chi connectivity index (χ1n) is 9.60. The van der Waals surface area contributed by atoms with Gasteiger partial charge >= 0.3 is 0 Å². The molecule has 4 aromatic rings. The number of H-pyrrole nitrogens is 1. The predicted molar refractivity (Wildman–Crippen MR) is 113 cm³/mol. The fourth-order valence-electron chi connectivity index (χ4n) is 3.73. The molecule has 136 valence electrons. The highest BCUT2D eigenvalue weighted by atomic mass is 14.7. The number of nitrogens with one attached hydrogen (secondary N) is 1. The summed E-state index contributed by atoms with van der Waals surface area (Å²) in [6, 6.07) is 15.2. The number of nitrogens with zero attached hydrogens (tertiary/aromatic N) is 2. The van der Waals surface area contributed by atoms with Gasteiger partial charge in [-0.3, -0.25) is 9.97 Å². The van der Waals surface area contributed by atoms with Crippen LogP contribution in [0.15, 0.2) is 54.9 Å². The van der Waals surface area contributed by atoms with Crippen molar-refractivity contribution < 1.29 is 0 Å². The second kappa shape index (κ2) is 6.99. The summed E-state index contributed by atoms with van der Waals surface area (Å²) in [5.41, 5.74) is 9.44. The summed E-state index contributed by atoms with van der Waals surface area (Å²) < 4.78 is 0. The van der Waals surface area contributed by atoms with Crippen molar-refractivity contribution in [1.82, 2.24) is 15.0 Å². The van der Waals surface area contributed by atoms with E-state index in [2.05, 4.69) is 78.2 Å². The van der Waals surface area contributed by atoms with Crippen molar-refractivity contribution in [3.63, 3.8) is 0 Å². The maximum atomic E-state index is 4.56. The Kier molecular flexibility index (Phi) is 4.53. The van der Waals surface area contributed by atoms with E-state index >= 15 is 0 Å². The van der Waals surface area contributed by atoms with Gasteiger partial charge in [-0.1, -0.05) is 32.9 Å². The Balaban J connectivity index is 1.88. The van der Waals surface area contributed by atoms with E-state index in [4.69, 9.17) is 0 Å². The van der Waals surface area contributed by atoms with E-state index in [1.165, 1.54) is 33.3 Å². The molecule has 0 amide bonds. The summed E-state index contributed by atoms with van der Waals surface area (Å²) in [7, 11) is 0. The van der Waals surface area contributed by atoms with Gasteiger partial charge in [0.1, 0.15) is 0 Å². The van der Waals surface area contributed by atoms with Crippen LogP contribution in [0.3, 0.4) is 0 Å². The second-order valence-corrected chi connectivity index (χ2v) is 7.41. The summed E-state index contributed by atoms with van der Waals surface area (Å²) in [5.74, 6) is 0.415. The second-order valence-electron chi connectivity index (χ2n) is 7.41. The van der Waals surface area contributed by atoms with E-state index in [0.29, 0.717) is 5.92 Å². The van der Waals surface area contributed by atoms with Crippen LogP contribution < -0.4 is 0 Å². The Bertz CT molecular complexity index is 1090. The number of hydrogen-bond acceptors (Lipinski definition) is 2. The summed E-state index contributed by atoms with van der Waals surface area (Å²) >= 11 is 0. The lowest BCUT2D eigenvalue weighted by Crippen LogP contribution is -1.91. The van der Waals surface area contributed by atoms with Crippen LogP contribution in [0.2, 0.25) is 0 Å². The molecule has 0 aliphatic heterocycles. The molecule has 1 aromatic carbocycles. The number of benzene rings is 1. The summed E-state index contributed by atoms with van der Waals surface area (Å²) in [4.78, 5) is 12.5. The van der Waals surface area contributed by atoms with E-state index in [-0.39, 0.29) is 0 Å². The van der Waals surface area contributed by atoms with Crippen molar-refractivity contribution in [2.75, 3.05) is 0 Å². The van der Waals surface area contributed by atoms with Gasteiger partial charge in [0.05, 0.1) is 5.69 Å². The zero-order valence-corrected chi connectivity index (χ0v) is 16.4. The molecule has 0 saturated carbocycles. The molecule has 3 nitrogen and oxygen atoms in total. The Labute approximate surface area is 160 Å². The van der Waals surface area contributed by atoms with Gasteiger partial charge in [-0.2, -0.15) is 0 Å². The molecule has 0 bridgehead atoms. The fraction of sp³-hybridized carbons (Fsp3) is 0.250. The standard InChI is InChI=1S/C24H25N3/c1-5-20-8-6-19(14-26-20)17-7-9-22-21(13-17)23(15(2)3)24(27-22)18-10-11-25-16(4)12-18/h6-15,27H,5H2,1-4H3. The minimum absolute atomic E-state index is 0.415. The summed E-state index contributed by atoms with van der Waals surface area (Å²) in [5, 5.41) is 1.28. The van der Waals surface area contributed by atoms with Crippen LogP contribution in [0.4, 0.5) is 0 Å². The number of aromatic nitrogens is 3. The third-order valence-corrected chi connectivity index (χ3v) is 5.12. The van der Waals surface area contributed by atoms with Crippen molar-refractivity contribution in [3.05, 3.63) is 71.8 Å². The highest BCUT2D eigenvalue weighted by molar-refractivity contribution is 5.94. The molecular weight excluding hydrogens is 330 g/mol. The Morgan fingerprint density at radius 1 is 0.926 bits per heavy atom. The molecule has 0 aliphatic rings. The molecular formula is C24H25N3. The number of fused-ring (bicyclic) bond motifs is 1. The normalized spacial score (nSPS) is 11.4. The van der Waals surface area contributed by atoms with Gasteiger partial charge < -0.3 is 4.98 Å². The molecule has 0 unspecified atom stereocenters. The summed E-state index contributed by atoms with van der Waals surface area (Å²) in [6.07, 6.45) is 4.82. The molecule has 3 heteroatoms. The Morgan fingerprint density at radius 2 is 1.74 bits per heavy atom. The Morgan fingerprint density at radius 3 is 2.41 bits per heavy atom. The monoisotopic (exact) mass is 355 g/mol. The molecule has 4 rings (SSSR count). The lowest BCUT2D eigenvalue weighted by atomic mass is 9.94. The molecule has 0 saturated heterocycles. The number of pyridine rings is 2.